The van der Waals surface area contributed by atoms with Gasteiger partial charge in [-0.2, -0.15) is 0 Å². The van der Waals surface area contributed by atoms with E-state index in [1.165, 1.54) is 11.8 Å². The summed E-state index contributed by atoms with van der Waals surface area (Å²) in [6.07, 6.45) is 1.57. The van der Waals surface area contributed by atoms with Crippen molar-refractivity contribution in [2.24, 2.45) is 0 Å². The molecule has 2 aromatic heterocycles. The number of aromatic nitrogens is 3. The summed E-state index contributed by atoms with van der Waals surface area (Å²) in [5.74, 6) is 0.143. The molecule has 0 saturated carbocycles. The Morgan fingerprint density at radius 1 is 1.12 bits per heavy atom. The van der Waals surface area contributed by atoms with Gasteiger partial charge >= 0.3 is 0 Å². The first-order chi connectivity index (χ1) is 7.63. The molecule has 2 heterocycles. The van der Waals surface area contributed by atoms with E-state index in [-0.39, 0.29) is 5.95 Å². The molecule has 0 aliphatic heterocycles. The molecule has 7 heteroatoms. The van der Waals surface area contributed by atoms with Crippen molar-refractivity contribution in [1.82, 2.24) is 15.0 Å². The lowest BCUT2D eigenvalue weighted by atomic mass is 10.5. The lowest BCUT2D eigenvalue weighted by Crippen LogP contribution is -1.95. The van der Waals surface area contributed by atoms with Crippen LogP contribution in [-0.4, -0.2) is 15.0 Å². The van der Waals surface area contributed by atoms with Gasteiger partial charge in [-0.3, -0.25) is 0 Å². The fourth-order valence-electron chi connectivity index (χ4n) is 0.996. The summed E-state index contributed by atoms with van der Waals surface area (Å²) in [5.41, 5.74) is 5.48. The van der Waals surface area contributed by atoms with Crippen molar-refractivity contribution in [3.05, 3.63) is 34.6 Å². The highest BCUT2D eigenvalue weighted by Gasteiger charge is 2.03. The van der Waals surface area contributed by atoms with E-state index in [4.69, 9.17) is 28.9 Å². The molecule has 0 saturated heterocycles. The molecular formula is C9H6Cl2N4S. The Labute approximate surface area is 106 Å². The number of pyridine rings is 1. The quantitative estimate of drug-likeness (QED) is 0.852. The molecule has 0 spiro atoms. The van der Waals surface area contributed by atoms with E-state index in [9.17, 15) is 0 Å². The molecule has 0 fully saturated rings. The Kier molecular flexibility index (Phi) is 3.48. The molecule has 16 heavy (non-hydrogen) atoms. The van der Waals surface area contributed by atoms with Gasteiger partial charge in [0, 0.05) is 12.3 Å². The van der Waals surface area contributed by atoms with Crippen molar-refractivity contribution >= 4 is 40.9 Å². The topological polar surface area (TPSA) is 64.7 Å². The Bertz CT molecular complexity index is 483. The normalized spacial score (nSPS) is 10.4. The van der Waals surface area contributed by atoms with Crippen molar-refractivity contribution in [2.75, 3.05) is 5.73 Å². The van der Waals surface area contributed by atoms with Gasteiger partial charge in [-0.05, 0) is 23.9 Å². The number of anilines is 1. The van der Waals surface area contributed by atoms with Crippen molar-refractivity contribution in [1.29, 1.82) is 0 Å². The van der Waals surface area contributed by atoms with Crippen molar-refractivity contribution in [3.63, 3.8) is 0 Å². The largest absolute Gasteiger partial charge is 0.368 e. The van der Waals surface area contributed by atoms with Crippen molar-refractivity contribution in [2.45, 2.75) is 10.1 Å². The molecule has 0 aromatic carbocycles. The van der Waals surface area contributed by atoms with E-state index < -0.39 is 0 Å². The average molecular weight is 273 g/mol. The number of nitrogens with zero attached hydrogens (tertiary/aromatic N) is 3. The zero-order valence-corrected chi connectivity index (χ0v) is 10.2. The first-order valence-electron chi connectivity index (χ1n) is 4.23. The minimum Gasteiger partial charge on any atom is -0.368 e. The van der Waals surface area contributed by atoms with Gasteiger partial charge in [-0.15, -0.1) is 0 Å². The summed E-state index contributed by atoms with van der Waals surface area (Å²) in [5, 5.41) is 2.31. The maximum atomic E-state index is 5.76. The van der Waals surface area contributed by atoms with Gasteiger partial charge in [0.25, 0.3) is 0 Å². The molecule has 2 rings (SSSR count). The number of rotatable bonds is 2. The van der Waals surface area contributed by atoms with E-state index in [1.807, 2.05) is 0 Å². The Morgan fingerprint density at radius 2 is 1.94 bits per heavy atom. The van der Waals surface area contributed by atoms with Crippen molar-refractivity contribution in [3.8, 4) is 0 Å². The molecule has 0 aliphatic carbocycles. The van der Waals surface area contributed by atoms with Crippen LogP contribution in [0.15, 0.2) is 34.4 Å². The number of halogens is 2. The predicted molar refractivity (Wildman–Crippen MR) is 64.8 cm³/mol. The summed E-state index contributed by atoms with van der Waals surface area (Å²) in [7, 11) is 0. The molecule has 0 radical (unpaired) electrons. The van der Waals surface area contributed by atoms with Crippen LogP contribution in [0.4, 0.5) is 5.95 Å². The Morgan fingerprint density at radius 3 is 2.56 bits per heavy atom. The van der Waals surface area contributed by atoms with Gasteiger partial charge in [0.1, 0.15) is 15.2 Å². The van der Waals surface area contributed by atoms with Gasteiger partial charge < -0.3 is 5.73 Å². The monoisotopic (exact) mass is 272 g/mol. The number of nitrogens with two attached hydrogens (primary N) is 1. The van der Waals surface area contributed by atoms with Gasteiger partial charge in [0.15, 0.2) is 0 Å². The van der Waals surface area contributed by atoms with E-state index in [0.717, 1.165) is 5.03 Å². The first-order valence-corrected chi connectivity index (χ1v) is 5.80. The van der Waals surface area contributed by atoms with Crippen LogP contribution in [0.3, 0.4) is 0 Å². The molecule has 0 bridgehead atoms. The van der Waals surface area contributed by atoms with Crippen molar-refractivity contribution < 1.29 is 0 Å². The summed E-state index contributed by atoms with van der Waals surface area (Å²) >= 11 is 12.8. The highest BCUT2D eigenvalue weighted by molar-refractivity contribution is 7.99. The minimum atomic E-state index is 0.143. The summed E-state index contributed by atoms with van der Waals surface area (Å²) < 4.78 is 0. The molecule has 0 aliphatic rings. The van der Waals surface area contributed by atoms with Gasteiger partial charge in [0.2, 0.25) is 5.95 Å². The highest BCUT2D eigenvalue weighted by Crippen LogP contribution is 2.26. The molecule has 0 amide bonds. The lowest BCUT2D eigenvalue weighted by molar-refractivity contribution is 1.05. The molecule has 4 nitrogen and oxygen atoms in total. The van der Waals surface area contributed by atoms with E-state index >= 15 is 0 Å². The summed E-state index contributed by atoms with van der Waals surface area (Å²) in [6.45, 7) is 0. The minimum absolute atomic E-state index is 0.143. The fourth-order valence-corrected chi connectivity index (χ4v) is 2.13. The van der Waals surface area contributed by atoms with Crippen LogP contribution >= 0.6 is 35.0 Å². The van der Waals surface area contributed by atoms with Crippen LogP contribution in [0.1, 0.15) is 0 Å². The van der Waals surface area contributed by atoms with Gasteiger partial charge in [-0.25, -0.2) is 15.0 Å². The second-order valence-electron chi connectivity index (χ2n) is 2.80. The third-order valence-electron chi connectivity index (χ3n) is 1.60. The Hall–Kier alpha value is -1.04. The first kappa shape index (κ1) is 11.4. The lowest BCUT2D eigenvalue weighted by Gasteiger charge is -2.01. The summed E-state index contributed by atoms with van der Waals surface area (Å²) in [4.78, 5) is 11.9. The van der Waals surface area contributed by atoms with E-state index in [0.29, 0.717) is 15.2 Å². The van der Waals surface area contributed by atoms with Crippen LogP contribution in [0.2, 0.25) is 10.2 Å². The second kappa shape index (κ2) is 4.86. The van der Waals surface area contributed by atoms with Gasteiger partial charge in [-0.1, -0.05) is 23.2 Å². The van der Waals surface area contributed by atoms with Crippen LogP contribution < -0.4 is 5.73 Å². The van der Waals surface area contributed by atoms with Crippen LogP contribution in [0, 0.1) is 0 Å². The SMILES string of the molecule is Nc1nc(Cl)cc(Sc2ccc(Cl)cn2)n1. The van der Waals surface area contributed by atoms with E-state index in [2.05, 4.69) is 15.0 Å². The third kappa shape index (κ3) is 2.98. The van der Waals surface area contributed by atoms with Crippen LogP contribution in [-0.2, 0) is 0 Å². The van der Waals surface area contributed by atoms with E-state index in [1.54, 1.807) is 24.4 Å². The smallest absolute Gasteiger partial charge is 0.222 e. The number of nitrogen functional groups attached to an aromatic ring is 1. The maximum Gasteiger partial charge on any atom is 0.222 e. The third-order valence-corrected chi connectivity index (χ3v) is 2.88. The average Bonchev–Trinajstić information content (AvgIpc) is 2.20. The fraction of sp³-hybridized carbons (Fsp3) is 0. The molecule has 2 N–H and O–H groups in total. The van der Waals surface area contributed by atoms with Crippen LogP contribution in [0.25, 0.3) is 0 Å². The highest BCUT2D eigenvalue weighted by atomic mass is 35.5. The molecular weight excluding hydrogens is 267 g/mol. The number of hydrogen-bond acceptors (Lipinski definition) is 5. The molecule has 0 unspecified atom stereocenters. The number of hydrogen-bond donors (Lipinski definition) is 1. The maximum absolute atomic E-state index is 5.76. The molecule has 0 atom stereocenters. The predicted octanol–water partition coefficient (Wildman–Crippen LogP) is 2.91. The zero-order valence-electron chi connectivity index (χ0n) is 7.89. The Balaban J connectivity index is 2.23. The molecule has 82 valence electrons. The second-order valence-corrected chi connectivity index (χ2v) is 4.67. The summed E-state index contributed by atoms with van der Waals surface area (Å²) in [6, 6.07) is 5.17. The zero-order chi connectivity index (χ0) is 11.5. The van der Waals surface area contributed by atoms with Gasteiger partial charge in [0.05, 0.1) is 5.02 Å². The van der Waals surface area contributed by atoms with Crippen LogP contribution in [0.5, 0.6) is 0 Å². The molecule has 2 aromatic rings. The standard InChI is InChI=1S/C9H6Cl2N4S/c10-5-1-2-7(13-4-5)16-8-3-6(11)14-9(12)15-8/h1-4H,(H2,12,14,15).